The maximum Gasteiger partial charge on any atom is 0.340 e. The lowest BCUT2D eigenvalue weighted by molar-refractivity contribution is -0.141. The molecule has 0 radical (unpaired) electrons. The smallest absolute Gasteiger partial charge is 0.340 e. The molecule has 0 spiro atoms. The quantitative estimate of drug-likeness (QED) is 0.502. The first-order valence-electron chi connectivity index (χ1n) is 10.6. The molecule has 1 atom stereocenters. The molecule has 1 aliphatic heterocycles. The third-order valence-electron chi connectivity index (χ3n) is 5.88. The summed E-state index contributed by atoms with van der Waals surface area (Å²) >= 11 is 0. The van der Waals surface area contributed by atoms with E-state index < -0.39 is 22.3 Å². The zero-order chi connectivity index (χ0) is 22.9. The van der Waals surface area contributed by atoms with Crippen molar-refractivity contribution >= 4 is 27.8 Å². The van der Waals surface area contributed by atoms with Gasteiger partial charge in [-0.15, -0.1) is 0 Å². The van der Waals surface area contributed by atoms with Crippen molar-refractivity contribution in [1.82, 2.24) is 0 Å². The number of esters is 1. The highest BCUT2D eigenvalue weighted by molar-refractivity contribution is 7.71. The number of thiol groups is 1. The SMILES string of the molecule is CC1(C)OC(=O)C(c2ccc(F)cc2)=C1c1ccc(C[SH](=O)=O)c(CC2C=CC=CC2)c1. The third kappa shape index (κ3) is 4.60. The monoisotopic (exact) mass is 452 g/mol. The molecule has 0 amide bonds. The molecule has 2 aliphatic rings. The minimum absolute atomic E-state index is 0.0279. The first kappa shape index (κ1) is 22.2. The Labute approximate surface area is 189 Å². The maximum atomic E-state index is 13.5. The summed E-state index contributed by atoms with van der Waals surface area (Å²) in [7, 11) is -2.57. The molecule has 1 aliphatic carbocycles. The van der Waals surface area contributed by atoms with E-state index in [9.17, 15) is 17.6 Å². The van der Waals surface area contributed by atoms with Crippen LogP contribution >= 0.6 is 0 Å². The van der Waals surface area contributed by atoms with Crippen LogP contribution in [0.1, 0.15) is 42.5 Å². The molecule has 2 aromatic carbocycles. The summed E-state index contributed by atoms with van der Waals surface area (Å²) in [6.45, 7) is 3.65. The summed E-state index contributed by atoms with van der Waals surface area (Å²) in [4.78, 5) is 12.8. The normalized spacial score (nSPS) is 19.6. The molecule has 32 heavy (non-hydrogen) atoms. The van der Waals surface area contributed by atoms with Crippen LogP contribution in [0.3, 0.4) is 0 Å². The number of benzene rings is 2. The van der Waals surface area contributed by atoms with Crippen LogP contribution in [0.2, 0.25) is 0 Å². The molecule has 166 valence electrons. The highest BCUT2D eigenvalue weighted by Crippen LogP contribution is 2.44. The van der Waals surface area contributed by atoms with Crippen LogP contribution in [0.25, 0.3) is 11.1 Å². The number of hydrogen-bond donors (Lipinski definition) is 1. The predicted octanol–water partition coefficient (Wildman–Crippen LogP) is 4.86. The molecule has 0 bridgehead atoms. The van der Waals surface area contributed by atoms with Gasteiger partial charge in [-0.05, 0) is 67.0 Å². The van der Waals surface area contributed by atoms with Gasteiger partial charge in [-0.3, -0.25) is 0 Å². The van der Waals surface area contributed by atoms with E-state index in [1.165, 1.54) is 12.1 Å². The van der Waals surface area contributed by atoms with Crippen LogP contribution in [-0.4, -0.2) is 20.0 Å². The average Bonchev–Trinajstić information content (AvgIpc) is 2.98. The van der Waals surface area contributed by atoms with Gasteiger partial charge >= 0.3 is 5.97 Å². The van der Waals surface area contributed by atoms with Crippen LogP contribution in [-0.2, 0) is 32.4 Å². The van der Waals surface area contributed by atoms with E-state index in [4.69, 9.17) is 4.74 Å². The number of allylic oxidation sites excluding steroid dienone is 4. The van der Waals surface area contributed by atoms with Gasteiger partial charge in [0.25, 0.3) is 0 Å². The van der Waals surface area contributed by atoms with Gasteiger partial charge in [0.05, 0.1) is 11.3 Å². The Kier molecular flexibility index (Phi) is 6.15. The number of rotatable bonds is 6. The van der Waals surface area contributed by atoms with E-state index in [2.05, 4.69) is 12.2 Å². The van der Waals surface area contributed by atoms with Gasteiger partial charge in [0.1, 0.15) is 22.1 Å². The second kappa shape index (κ2) is 8.87. The summed E-state index contributed by atoms with van der Waals surface area (Å²) < 4.78 is 42.1. The minimum Gasteiger partial charge on any atom is -0.451 e. The van der Waals surface area contributed by atoms with Crippen molar-refractivity contribution < 1.29 is 22.3 Å². The van der Waals surface area contributed by atoms with Gasteiger partial charge < -0.3 is 4.74 Å². The van der Waals surface area contributed by atoms with Crippen LogP contribution in [0.4, 0.5) is 4.39 Å². The molecule has 0 fully saturated rings. The van der Waals surface area contributed by atoms with Gasteiger partial charge in [0.2, 0.25) is 0 Å². The van der Waals surface area contributed by atoms with Crippen molar-refractivity contribution in [2.24, 2.45) is 5.92 Å². The van der Waals surface area contributed by atoms with E-state index in [0.29, 0.717) is 23.1 Å². The summed E-state index contributed by atoms with van der Waals surface area (Å²) in [5.74, 6) is -0.585. The number of ether oxygens (including phenoxy) is 1. The van der Waals surface area contributed by atoms with Crippen molar-refractivity contribution in [3.8, 4) is 0 Å². The molecule has 1 unspecified atom stereocenters. The molecule has 4 nitrogen and oxygen atoms in total. The molecule has 2 aromatic rings. The van der Waals surface area contributed by atoms with E-state index in [1.807, 2.05) is 44.2 Å². The number of carbonyl (C=O) groups is 1. The summed E-state index contributed by atoms with van der Waals surface area (Å²) in [6, 6.07) is 11.4. The van der Waals surface area contributed by atoms with Crippen LogP contribution in [0.15, 0.2) is 66.8 Å². The van der Waals surface area contributed by atoms with Crippen molar-refractivity contribution in [2.75, 3.05) is 0 Å². The number of carbonyl (C=O) groups excluding carboxylic acids is 1. The van der Waals surface area contributed by atoms with E-state index in [0.717, 1.165) is 23.1 Å². The lowest BCUT2D eigenvalue weighted by Crippen LogP contribution is -2.22. The highest BCUT2D eigenvalue weighted by Gasteiger charge is 2.41. The van der Waals surface area contributed by atoms with Crippen molar-refractivity contribution in [2.45, 2.75) is 38.0 Å². The molecule has 6 heteroatoms. The van der Waals surface area contributed by atoms with Gasteiger partial charge in [0.15, 0.2) is 0 Å². The lowest BCUT2D eigenvalue weighted by atomic mass is 9.84. The Hall–Kier alpha value is -2.99. The van der Waals surface area contributed by atoms with Crippen LogP contribution in [0, 0.1) is 11.7 Å². The fourth-order valence-corrected chi connectivity index (χ4v) is 5.02. The predicted molar refractivity (Wildman–Crippen MR) is 124 cm³/mol. The molecule has 0 aromatic heterocycles. The Balaban J connectivity index is 1.84. The number of halogens is 1. The second-order valence-corrected chi connectivity index (χ2v) is 9.63. The topological polar surface area (TPSA) is 60.4 Å². The van der Waals surface area contributed by atoms with Crippen LogP contribution in [0.5, 0.6) is 0 Å². The van der Waals surface area contributed by atoms with Crippen molar-refractivity contribution in [3.05, 3.63) is 94.8 Å². The third-order valence-corrected chi connectivity index (χ3v) is 6.48. The molecular formula is C26H25FO4S. The Morgan fingerprint density at radius 1 is 1.03 bits per heavy atom. The fourth-order valence-electron chi connectivity index (χ4n) is 4.44. The molecule has 0 saturated heterocycles. The Bertz CT molecular complexity index is 1210. The second-order valence-electron chi connectivity index (χ2n) is 8.64. The molecule has 0 N–H and O–H groups in total. The van der Waals surface area contributed by atoms with Crippen molar-refractivity contribution in [1.29, 1.82) is 0 Å². The molecule has 1 heterocycles. The molecule has 0 saturated carbocycles. The first-order valence-corrected chi connectivity index (χ1v) is 11.9. The number of hydrogen-bond acceptors (Lipinski definition) is 4. The zero-order valence-electron chi connectivity index (χ0n) is 18.0. The van der Waals surface area contributed by atoms with Gasteiger partial charge in [-0.25, -0.2) is 17.6 Å². The average molecular weight is 453 g/mol. The number of cyclic esters (lactones) is 1. The fraction of sp³-hybridized carbons (Fsp3) is 0.269. The summed E-state index contributed by atoms with van der Waals surface area (Å²) in [5.41, 5.74) is 3.33. The standard InChI is InChI=1S/C26H25FO4S/c1-26(2)24(23(25(28)31-26)18-10-12-22(27)13-11-18)19-8-9-20(16-32(29)30)21(15-19)14-17-6-4-3-5-7-17/h3-6,8-13,15,17,32H,7,14,16H2,1-2H3. The maximum absolute atomic E-state index is 13.5. The first-order chi connectivity index (χ1) is 15.2. The summed E-state index contributed by atoms with van der Waals surface area (Å²) in [6.07, 6.45) is 9.83. The lowest BCUT2D eigenvalue weighted by Gasteiger charge is -2.23. The Morgan fingerprint density at radius 3 is 2.41 bits per heavy atom. The van der Waals surface area contributed by atoms with Gasteiger partial charge in [-0.1, -0.05) is 54.6 Å². The largest absolute Gasteiger partial charge is 0.451 e. The highest BCUT2D eigenvalue weighted by atomic mass is 32.2. The van der Waals surface area contributed by atoms with E-state index in [1.54, 1.807) is 12.1 Å². The Morgan fingerprint density at radius 2 is 1.75 bits per heavy atom. The van der Waals surface area contributed by atoms with Crippen molar-refractivity contribution in [3.63, 3.8) is 0 Å². The zero-order valence-corrected chi connectivity index (χ0v) is 18.9. The van der Waals surface area contributed by atoms with E-state index in [-0.39, 0.29) is 17.5 Å². The molecule has 4 rings (SSSR count). The summed E-state index contributed by atoms with van der Waals surface area (Å²) in [5, 5.41) is 0. The van der Waals surface area contributed by atoms with Gasteiger partial charge in [-0.2, -0.15) is 0 Å². The molecular weight excluding hydrogens is 427 g/mol. The van der Waals surface area contributed by atoms with Gasteiger partial charge in [0, 0.05) is 5.57 Å². The van der Waals surface area contributed by atoms with E-state index >= 15 is 0 Å². The minimum atomic E-state index is -2.57. The van der Waals surface area contributed by atoms with Crippen LogP contribution < -0.4 is 0 Å².